The van der Waals surface area contributed by atoms with Gasteiger partial charge in [0.05, 0.1) is 11.1 Å². The summed E-state index contributed by atoms with van der Waals surface area (Å²) in [5.74, 6) is 0. The SMILES string of the molecule is CC(C)Sc1ccc([C@@H]2CCCN2C=O)cn1. The molecule has 2 rings (SSSR count). The molecule has 0 aromatic carbocycles. The summed E-state index contributed by atoms with van der Waals surface area (Å²) < 4.78 is 0. The Morgan fingerprint density at radius 2 is 2.35 bits per heavy atom. The van der Waals surface area contributed by atoms with Crippen LogP contribution in [0, 0.1) is 0 Å². The van der Waals surface area contributed by atoms with Crippen molar-refractivity contribution in [2.45, 2.75) is 43.0 Å². The monoisotopic (exact) mass is 250 g/mol. The van der Waals surface area contributed by atoms with E-state index in [2.05, 4.69) is 31.0 Å². The maximum absolute atomic E-state index is 10.9. The quantitative estimate of drug-likeness (QED) is 0.608. The molecule has 4 heteroatoms. The Balaban J connectivity index is 2.09. The minimum absolute atomic E-state index is 0.234. The summed E-state index contributed by atoms with van der Waals surface area (Å²) in [5, 5.41) is 1.60. The van der Waals surface area contributed by atoms with Gasteiger partial charge in [-0.05, 0) is 24.5 Å². The molecule has 1 aromatic rings. The van der Waals surface area contributed by atoms with Gasteiger partial charge in [0, 0.05) is 18.0 Å². The number of carbonyl (C=O) groups is 1. The first-order valence-corrected chi connectivity index (χ1v) is 6.92. The topological polar surface area (TPSA) is 33.2 Å². The Labute approximate surface area is 107 Å². The summed E-state index contributed by atoms with van der Waals surface area (Å²) in [6.07, 6.45) is 5.01. The predicted molar refractivity (Wildman–Crippen MR) is 70.0 cm³/mol. The Kier molecular flexibility index (Phi) is 4.05. The van der Waals surface area contributed by atoms with Crippen molar-refractivity contribution in [3.8, 4) is 0 Å². The van der Waals surface area contributed by atoms with E-state index in [0.29, 0.717) is 5.25 Å². The standard InChI is InChI=1S/C13H18N2OS/c1-10(2)17-13-6-5-11(8-14-13)12-4-3-7-15(12)9-16/h5-6,8-10,12H,3-4,7H2,1-2H3/t12-/m0/s1. The lowest BCUT2D eigenvalue weighted by Gasteiger charge is -2.20. The number of hydrogen-bond acceptors (Lipinski definition) is 3. The number of nitrogens with zero attached hydrogens (tertiary/aromatic N) is 2. The van der Waals surface area contributed by atoms with Crippen molar-refractivity contribution in [3.63, 3.8) is 0 Å². The van der Waals surface area contributed by atoms with E-state index in [0.717, 1.165) is 36.4 Å². The second-order valence-corrected chi connectivity index (χ2v) is 6.19. The molecule has 0 spiro atoms. The maximum Gasteiger partial charge on any atom is 0.210 e. The zero-order chi connectivity index (χ0) is 12.3. The van der Waals surface area contributed by atoms with Crippen LogP contribution in [0.25, 0.3) is 0 Å². The molecular weight excluding hydrogens is 232 g/mol. The lowest BCUT2D eigenvalue weighted by atomic mass is 10.1. The van der Waals surface area contributed by atoms with Crippen molar-refractivity contribution in [3.05, 3.63) is 23.9 Å². The summed E-state index contributed by atoms with van der Waals surface area (Å²) in [6.45, 7) is 5.19. The molecular formula is C13H18N2OS. The molecule has 1 aliphatic rings. The van der Waals surface area contributed by atoms with Gasteiger partial charge in [-0.3, -0.25) is 4.79 Å². The molecule has 1 amide bonds. The zero-order valence-electron chi connectivity index (χ0n) is 10.3. The number of rotatable bonds is 4. The molecule has 17 heavy (non-hydrogen) atoms. The van der Waals surface area contributed by atoms with Crippen molar-refractivity contribution in [2.24, 2.45) is 0 Å². The molecule has 0 saturated carbocycles. The molecule has 1 saturated heterocycles. The predicted octanol–water partition coefficient (Wildman–Crippen LogP) is 2.88. The fourth-order valence-electron chi connectivity index (χ4n) is 2.17. The van der Waals surface area contributed by atoms with E-state index in [-0.39, 0.29) is 6.04 Å². The van der Waals surface area contributed by atoms with Crippen LogP contribution in [0.15, 0.2) is 23.4 Å². The number of aromatic nitrogens is 1. The van der Waals surface area contributed by atoms with Gasteiger partial charge in [0.1, 0.15) is 0 Å². The lowest BCUT2D eigenvalue weighted by Crippen LogP contribution is -2.21. The molecule has 92 valence electrons. The van der Waals surface area contributed by atoms with Crippen molar-refractivity contribution in [1.82, 2.24) is 9.88 Å². The van der Waals surface area contributed by atoms with E-state index in [1.807, 2.05) is 11.1 Å². The molecule has 1 fully saturated rings. The molecule has 0 radical (unpaired) electrons. The molecule has 0 bridgehead atoms. The Bertz CT molecular complexity index is 378. The van der Waals surface area contributed by atoms with Gasteiger partial charge >= 0.3 is 0 Å². The third kappa shape index (κ3) is 3.00. The van der Waals surface area contributed by atoms with Crippen LogP contribution in [-0.4, -0.2) is 28.1 Å². The highest BCUT2D eigenvalue weighted by atomic mass is 32.2. The van der Waals surface area contributed by atoms with Gasteiger partial charge < -0.3 is 4.90 Å². The number of hydrogen-bond donors (Lipinski definition) is 0. The van der Waals surface area contributed by atoms with E-state index in [9.17, 15) is 4.79 Å². The van der Waals surface area contributed by atoms with Gasteiger partial charge in [0.2, 0.25) is 6.41 Å². The second kappa shape index (κ2) is 5.54. The van der Waals surface area contributed by atoms with Crippen LogP contribution in [0.2, 0.25) is 0 Å². The normalized spacial score (nSPS) is 19.9. The van der Waals surface area contributed by atoms with E-state index in [4.69, 9.17) is 0 Å². The minimum Gasteiger partial charge on any atom is -0.338 e. The average molecular weight is 250 g/mol. The van der Waals surface area contributed by atoms with E-state index in [1.165, 1.54) is 0 Å². The summed E-state index contributed by atoms with van der Waals surface area (Å²) >= 11 is 1.76. The first-order chi connectivity index (χ1) is 8.20. The number of carbonyl (C=O) groups excluding carboxylic acids is 1. The summed E-state index contributed by atoms with van der Waals surface area (Å²) in [7, 11) is 0. The largest absolute Gasteiger partial charge is 0.338 e. The third-order valence-electron chi connectivity index (χ3n) is 2.93. The number of pyridine rings is 1. The van der Waals surface area contributed by atoms with E-state index < -0.39 is 0 Å². The van der Waals surface area contributed by atoms with E-state index >= 15 is 0 Å². The second-order valence-electron chi connectivity index (χ2n) is 4.60. The smallest absolute Gasteiger partial charge is 0.210 e. The van der Waals surface area contributed by atoms with Crippen molar-refractivity contribution >= 4 is 18.2 Å². The van der Waals surface area contributed by atoms with Gasteiger partial charge in [-0.1, -0.05) is 19.9 Å². The van der Waals surface area contributed by atoms with Crippen LogP contribution in [0.3, 0.4) is 0 Å². The molecule has 0 unspecified atom stereocenters. The lowest BCUT2D eigenvalue weighted by molar-refractivity contribution is -0.118. The third-order valence-corrected chi connectivity index (χ3v) is 3.88. The molecule has 0 N–H and O–H groups in total. The fourth-order valence-corrected chi connectivity index (χ4v) is 2.92. The highest BCUT2D eigenvalue weighted by Crippen LogP contribution is 2.31. The van der Waals surface area contributed by atoms with Crippen LogP contribution in [-0.2, 0) is 4.79 Å². The summed E-state index contributed by atoms with van der Waals surface area (Å²) in [4.78, 5) is 17.2. The highest BCUT2D eigenvalue weighted by molar-refractivity contribution is 7.99. The Morgan fingerprint density at radius 1 is 1.53 bits per heavy atom. The van der Waals surface area contributed by atoms with Gasteiger partial charge in [0.25, 0.3) is 0 Å². The van der Waals surface area contributed by atoms with Crippen LogP contribution >= 0.6 is 11.8 Å². The molecule has 0 aliphatic carbocycles. The minimum atomic E-state index is 0.234. The first-order valence-electron chi connectivity index (χ1n) is 6.04. The van der Waals surface area contributed by atoms with Gasteiger partial charge in [0.15, 0.2) is 0 Å². The molecule has 1 atom stereocenters. The van der Waals surface area contributed by atoms with Crippen molar-refractivity contribution in [2.75, 3.05) is 6.54 Å². The molecule has 2 heterocycles. The summed E-state index contributed by atoms with van der Waals surface area (Å²) in [6, 6.07) is 4.39. The van der Waals surface area contributed by atoms with E-state index in [1.54, 1.807) is 11.8 Å². The van der Waals surface area contributed by atoms with Gasteiger partial charge in [-0.2, -0.15) is 0 Å². The van der Waals surface area contributed by atoms with Crippen LogP contribution in [0.1, 0.15) is 38.3 Å². The molecule has 1 aromatic heterocycles. The fraction of sp³-hybridized carbons (Fsp3) is 0.538. The summed E-state index contributed by atoms with van der Waals surface area (Å²) in [5.41, 5.74) is 1.16. The van der Waals surface area contributed by atoms with Gasteiger partial charge in [-0.15, -0.1) is 11.8 Å². The van der Waals surface area contributed by atoms with Crippen LogP contribution in [0.5, 0.6) is 0 Å². The zero-order valence-corrected chi connectivity index (χ0v) is 11.1. The Hall–Kier alpha value is -1.03. The van der Waals surface area contributed by atoms with Gasteiger partial charge in [-0.25, -0.2) is 4.98 Å². The number of thioether (sulfide) groups is 1. The van der Waals surface area contributed by atoms with Crippen molar-refractivity contribution < 1.29 is 4.79 Å². The first kappa shape index (κ1) is 12.4. The Morgan fingerprint density at radius 3 is 2.94 bits per heavy atom. The van der Waals surface area contributed by atoms with Crippen LogP contribution in [0.4, 0.5) is 0 Å². The molecule has 1 aliphatic heterocycles. The average Bonchev–Trinajstić information content (AvgIpc) is 2.77. The number of amides is 1. The van der Waals surface area contributed by atoms with Crippen molar-refractivity contribution in [1.29, 1.82) is 0 Å². The number of likely N-dealkylation sites (tertiary alicyclic amines) is 1. The molecule has 3 nitrogen and oxygen atoms in total. The highest BCUT2D eigenvalue weighted by Gasteiger charge is 2.24. The maximum atomic E-state index is 10.9. The van der Waals surface area contributed by atoms with Crippen LogP contribution < -0.4 is 0 Å².